The molecule has 3 rings (SSSR count). The first-order valence-electron chi connectivity index (χ1n) is 8.78. The first-order valence-corrected chi connectivity index (χ1v) is 8.78. The minimum absolute atomic E-state index is 0.0639. The molecule has 1 aromatic heterocycles. The lowest BCUT2D eigenvalue weighted by Gasteiger charge is -2.22. The van der Waals surface area contributed by atoms with E-state index in [1.54, 1.807) is 12.3 Å². The van der Waals surface area contributed by atoms with Gasteiger partial charge in [-0.25, -0.2) is 4.98 Å². The summed E-state index contributed by atoms with van der Waals surface area (Å²) in [6.45, 7) is 4.37. The van der Waals surface area contributed by atoms with Gasteiger partial charge in [0.25, 0.3) is 0 Å². The Balaban J connectivity index is 1.55. The van der Waals surface area contributed by atoms with Gasteiger partial charge in [-0.05, 0) is 49.4 Å². The summed E-state index contributed by atoms with van der Waals surface area (Å²) >= 11 is 0. The van der Waals surface area contributed by atoms with Crippen LogP contribution >= 0.6 is 0 Å². The zero-order chi connectivity index (χ0) is 18.5. The SMILES string of the molecule is Cc1ccc(C)c(Oc2ccc(CNC(=O)[C@H]3CCCC(=O)N3)cn2)c1. The van der Waals surface area contributed by atoms with Crippen LogP contribution in [0.25, 0.3) is 0 Å². The number of carbonyl (C=O) groups excluding carboxylic acids is 2. The van der Waals surface area contributed by atoms with E-state index < -0.39 is 6.04 Å². The zero-order valence-corrected chi connectivity index (χ0v) is 15.0. The molecule has 26 heavy (non-hydrogen) atoms. The van der Waals surface area contributed by atoms with E-state index in [9.17, 15) is 9.59 Å². The lowest BCUT2D eigenvalue weighted by atomic mass is 10.0. The number of nitrogens with one attached hydrogen (secondary N) is 2. The molecule has 0 bridgehead atoms. The van der Waals surface area contributed by atoms with E-state index >= 15 is 0 Å². The molecule has 0 unspecified atom stereocenters. The van der Waals surface area contributed by atoms with Crippen LogP contribution in [0.15, 0.2) is 36.5 Å². The Morgan fingerprint density at radius 2 is 2.15 bits per heavy atom. The Morgan fingerprint density at radius 1 is 1.31 bits per heavy atom. The maximum Gasteiger partial charge on any atom is 0.242 e. The smallest absolute Gasteiger partial charge is 0.242 e. The van der Waals surface area contributed by atoms with Crippen LogP contribution in [0, 0.1) is 13.8 Å². The molecule has 1 aliphatic heterocycles. The molecule has 2 amide bonds. The van der Waals surface area contributed by atoms with Crippen LogP contribution in [0.3, 0.4) is 0 Å². The summed E-state index contributed by atoms with van der Waals surface area (Å²) in [7, 11) is 0. The molecule has 6 nitrogen and oxygen atoms in total. The average Bonchev–Trinajstić information content (AvgIpc) is 2.64. The molecule has 6 heteroatoms. The van der Waals surface area contributed by atoms with Crippen LogP contribution in [0.2, 0.25) is 0 Å². The van der Waals surface area contributed by atoms with Crippen molar-refractivity contribution in [2.75, 3.05) is 0 Å². The summed E-state index contributed by atoms with van der Waals surface area (Å²) in [5, 5.41) is 5.55. The summed E-state index contributed by atoms with van der Waals surface area (Å²) in [4.78, 5) is 27.8. The topological polar surface area (TPSA) is 80.3 Å². The van der Waals surface area contributed by atoms with Gasteiger partial charge in [0, 0.05) is 25.2 Å². The largest absolute Gasteiger partial charge is 0.439 e. The van der Waals surface area contributed by atoms with E-state index in [1.165, 1.54) is 0 Å². The van der Waals surface area contributed by atoms with Gasteiger partial charge < -0.3 is 15.4 Å². The van der Waals surface area contributed by atoms with Gasteiger partial charge >= 0.3 is 0 Å². The minimum Gasteiger partial charge on any atom is -0.439 e. The fraction of sp³-hybridized carbons (Fsp3) is 0.350. The van der Waals surface area contributed by atoms with Gasteiger partial charge in [0.05, 0.1) is 0 Å². The van der Waals surface area contributed by atoms with Crippen molar-refractivity contribution >= 4 is 11.8 Å². The first kappa shape index (κ1) is 17.9. The van der Waals surface area contributed by atoms with E-state index in [4.69, 9.17) is 4.74 Å². The number of aryl methyl sites for hydroxylation is 2. The van der Waals surface area contributed by atoms with Crippen LogP contribution in [-0.4, -0.2) is 22.8 Å². The summed E-state index contributed by atoms with van der Waals surface area (Å²) < 4.78 is 5.83. The third kappa shape index (κ3) is 4.59. The molecule has 1 atom stereocenters. The molecule has 1 aromatic carbocycles. The van der Waals surface area contributed by atoms with Crippen LogP contribution in [0.1, 0.15) is 36.0 Å². The Bertz CT molecular complexity index is 802. The predicted molar refractivity (Wildman–Crippen MR) is 97.9 cm³/mol. The van der Waals surface area contributed by atoms with E-state index in [1.807, 2.05) is 38.1 Å². The number of amides is 2. The number of carbonyl (C=O) groups is 2. The van der Waals surface area contributed by atoms with Crippen LogP contribution in [0.4, 0.5) is 0 Å². The fourth-order valence-corrected chi connectivity index (χ4v) is 2.82. The molecule has 1 aliphatic rings. The highest BCUT2D eigenvalue weighted by Crippen LogP contribution is 2.24. The Morgan fingerprint density at radius 3 is 2.88 bits per heavy atom. The normalized spacial score (nSPS) is 16.7. The van der Waals surface area contributed by atoms with Gasteiger partial charge in [-0.3, -0.25) is 9.59 Å². The highest BCUT2D eigenvalue weighted by atomic mass is 16.5. The Hall–Kier alpha value is -2.89. The number of hydrogen-bond acceptors (Lipinski definition) is 4. The molecule has 136 valence electrons. The third-order valence-corrected chi connectivity index (χ3v) is 4.37. The van der Waals surface area contributed by atoms with Crippen molar-refractivity contribution < 1.29 is 14.3 Å². The highest BCUT2D eigenvalue weighted by molar-refractivity contribution is 5.88. The lowest BCUT2D eigenvalue weighted by Crippen LogP contribution is -2.48. The maximum atomic E-state index is 12.1. The molecule has 2 aromatic rings. The number of hydrogen-bond donors (Lipinski definition) is 2. The molecule has 0 radical (unpaired) electrons. The number of rotatable bonds is 5. The molecular weight excluding hydrogens is 330 g/mol. The summed E-state index contributed by atoms with van der Waals surface area (Å²) in [6, 6.07) is 9.24. The van der Waals surface area contributed by atoms with Gasteiger partial charge in [-0.2, -0.15) is 0 Å². The van der Waals surface area contributed by atoms with Gasteiger partial charge in [0.1, 0.15) is 11.8 Å². The summed E-state index contributed by atoms with van der Waals surface area (Å²) in [5.74, 6) is 1.07. The second-order valence-corrected chi connectivity index (χ2v) is 6.61. The van der Waals surface area contributed by atoms with Crippen LogP contribution in [-0.2, 0) is 16.1 Å². The van der Waals surface area contributed by atoms with Crippen molar-refractivity contribution in [3.05, 3.63) is 53.2 Å². The molecule has 1 fully saturated rings. The second-order valence-electron chi connectivity index (χ2n) is 6.61. The van der Waals surface area contributed by atoms with Crippen molar-refractivity contribution in [3.63, 3.8) is 0 Å². The van der Waals surface area contributed by atoms with Crippen molar-refractivity contribution in [2.24, 2.45) is 0 Å². The van der Waals surface area contributed by atoms with Crippen LogP contribution < -0.4 is 15.4 Å². The fourth-order valence-electron chi connectivity index (χ4n) is 2.82. The number of aromatic nitrogens is 1. The van der Waals surface area contributed by atoms with Gasteiger partial charge in [-0.15, -0.1) is 0 Å². The molecule has 2 heterocycles. The number of nitrogens with zero attached hydrogens (tertiary/aromatic N) is 1. The Labute approximate surface area is 153 Å². The van der Waals surface area contributed by atoms with Crippen LogP contribution in [0.5, 0.6) is 11.6 Å². The van der Waals surface area contributed by atoms with Crippen molar-refractivity contribution in [1.29, 1.82) is 0 Å². The number of benzene rings is 1. The predicted octanol–water partition coefficient (Wildman–Crippen LogP) is 2.78. The molecule has 1 saturated heterocycles. The first-order chi connectivity index (χ1) is 12.5. The lowest BCUT2D eigenvalue weighted by molar-refractivity contribution is -0.131. The van der Waals surface area contributed by atoms with E-state index in [-0.39, 0.29) is 11.8 Å². The monoisotopic (exact) mass is 353 g/mol. The summed E-state index contributed by atoms with van der Waals surface area (Å²) in [6.07, 6.45) is 3.60. The van der Waals surface area contributed by atoms with Crippen molar-refractivity contribution in [3.8, 4) is 11.6 Å². The molecule has 0 saturated carbocycles. The molecule has 0 spiro atoms. The summed E-state index contributed by atoms with van der Waals surface area (Å²) in [5.41, 5.74) is 3.04. The highest BCUT2D eigenvalue weighted by Gasteiger charge is 2.24. The maximum absolute atomic E-state index is 12.1. The van der Waals surface area contributed by atoms with E-state index in [2.05, 4.69) is 15.6 Å². The minimum atomic E-state index is -0.434. The van der Waals surface area contributed by atoms with Gasteiger partial charge in [0.2, 0.25) is 17.7 Å². The zero-order valence-electron chi connectivity index (χ0n) is 15.0. The Kier molecular flexibility index (Phi) is 5.51. The molecule has 0 aliphatic carbocycles. The van der Waals surface area contributed by atoms with Crippen molar-refractivity contribution in [1.82, 2.24) is 15.6 Å². The second kappa shape index (κ2) is 7.99. The quantitative estimate of drug-likeness (QED) is 0.866. The van der Waals surface area contributed by atoms with E-state index in [0.717, 1.165) is 28.9 Å². The average molecular weight is 353 g/mol. The number of piperidine rings is 1. The number of pyridine rings is 1. The third-order valence-electron chi connectivity index (χ3n) is 4.37. The number of ether oxygens (including phenoxy) is 1. The van der Waals surface area contributed by atoms with Gasteiger partial charge in [-0.1, -0.05) is 18.2 Å². The van der Waals surface area contributed by atoms with Crippen molar-refractivity contribution in [2.45, 2.75) is 45.7 Å². The van der Waals surface area contributed by atoms with Gasteiger partial charge in [0.15, 0.2) is 0 Å². The van der Waals surface area contributed by atoms with E-state index in [0.29, 0.717) is 25.3 Å². The molecular formula is C20H23N3O3. The molecule has 2 N–H and O–H groups in total. The standard InChI is InChI=1S/C20H23N3O3/c1-13-6-7-14(2)17(10-13)26-19-9-8-15(11-21-19)12-22-20(25)16-4-3-5-18(24)23-16/h6-11,16H,3-5,12H2,1-2H3,(H,22,25)(H,23,24)/t16-/m1/s1.